The Labute approximate surface area is 218 Å². The number of rotatable bonds is 6. The number of hydrogen-bond donors (Lipinski definition) is 5. The molecule has 0 bridgehead atoms. The number of anilines is 2. The van der Waals surface area contributed by atoms with Crippen molar-refractivity contribution in [2.75, 3.05) is 17.7 Å². The van der Waals surface area contributed by atoms with Crippen molar-refractivity contribution in [2.24, 2.45) is 20.0 Å². The molecule has 0 unspecified atom stereocenters. The van der Waals surface area contributed by atoms with E-state index in [1.807, 2.05) is 24.5 Å². The lowest BCUT2D eigenvalue weighted by atomic mass is 10.1. The van der Waals surface area contributed by atoms with Gasteiger partial charge in [-0.1, -0.05) is 6.07 Å². The third kappa shape index (κ3) is 6.55. The lowest BCUT2D eigenvalue weighted by Crippen LogP contribution is -2.36. The third-order valence-corrected chi connectivity index (χ3v) is 5.50. The minimum Gasteiger partial charge on any atom is -0.354 e. The summed E-state index contributed by atoms with van der Waals surface area (Å²) in [6.07, 6.45) is 3.82. The number of amidine groups is 1. The van der Waals surface area contributed by atoms with Gasteiger partial charge in [-0.3, -0.25) is 9.98 Å². The average molecular weight is 500 g/mol. The van der Waals surface area contributed by atoms with Gasteiger partial charge in [0.05, 0.1) is 0 Å². The second-order valence-corrected chi connectivity index (χ2v) is 9.93. The van der Waals surface area contributed by atoms with Gasteiger partial charge in [0.1, 0.15) is 5.82 Å². The number of aromatic amines is 1. The van der Waals surface area contributed by atoms with Gasteiger partial charge in [-0.15, -0.1) is 0 Å². The van der Waals surface area contributed by atoms with Crippen molar-refractivity contribution >= 4 is 51.9 Å². The largest absolute Gasteiger partial charge is 0.354 e. The average Bonchev–Trinajstić information content (AvgIpc) is 3.41. The van der Waals surface area contributed by atoms with E-state index in [2.05, 4.69) is 107 Å². The van der Waals surface area contributed by atoms with E-state index in [-0.39, 0.29) is 18.1 Å². The van der Waals surface area contributed by atoms with Crippen molar-refractivity contribution in [3.63, 3.8) is 0 Å². The molecule has 3 aromatic rings. The zero-order valence-corrected chi connectivity index (χ0v) is 22.6. The molecule has 1 aliphatic rings. The molecule has 2 heterocycles. The van der Waals surface area contributed by atoms with E-state index in [0.29, 0.717) is 5.84 Å². The van der Waals surface area contributed by atoms with Crippen LogP contribution in [0.15, 0.2) is 62.6 Å². The first kappa shape index (κ1) is 25.9. The summed E-state index contributed by atoms with van der Waals surface area (Å²) in [5, 5.41) is 15.5. The Morgan fingerprint density at radius 3 is 2.24 bits per heavy atom. The highest BCUT2D eigenvalue weighted by Gasteiger charge is 2.17. The monoisotopic (exact) mass is 499 g/mol. The van der Waals surface area contributed by atoms with Crippen LogP contribution in [0.4, 0.5) is 17.2 Å². The van der Waals surface area contributed by atoms with Gasteiger partial charge in [-0.25, -0.2) is 9.98 Å². The molecule has 4 rings (SSSR count). The summed E-state index contributed by atoms with van der Waals surface area (Å²) in [5.74, 6) is 2.93. The molecule has 194 valence electrons. The van der Waals surface area contributed by atoms with Crippen LogP contribution in [0.5, 0.6) is 0 Å². The molecule has 9 heteroatoms. The van der Waals surface area contributed by atoms with E-state index in [9.17, 15) is 0 Å². The van der Waals surface area contributed by atoms with Gasteiger partial charge in [0.25, 0.3) is 0 Å². The number of hydrogen-bond acceptors (Lipinski definition) is 3. The maximum absolute atomic E-state index is 4.88. The van der Waals surface area contributed by atoms with E-state index < -0.39 is 0 Å². The summed E-state index contributed by atoms with van der Waals surface area (Å²) in [7, 11) is 1.76. The fourth-order valence-electron chi connectivity index (χ4n) is 3.97. The summed E-state index contributed by atoms with van der Waals surface area (Å²) in [6, 6.07) is 13.0. The molecular weight excluding hydrogens is 462 g/mol. The van der Waals surface area contributed by atoms with Gasteiger partial charge in [0.2, 0.25) is 0 Å². The number of H-pyrrole nitrogens is 1. The van der Waals surface area contributed by atoms with Gasteiger partial charge < -0.3 is 26.3 Å². The zero-order chi connectivity index (χ0) is 26.5. The van der Waals surface area contributed by atoms with E-state index in [4.69, 9.17) is 4.99 Å². The minimum absolute atomic E-state index is 0.174. The lowest BCUT2D eigenvalue weighted by molar-refractivity contribution is 0.717. The molecule has 0 saturated carbocycles. The lowest BCUT2D eigenvalue weighted by Gasteiger charge is -2.16. The first-order valence-electron chi connectivity index (χ1n) is 12.7. The SMILES string of the molecule is CN=C(Nc1ccc2c(N=C3N=Cc4ccc(NC(=NC(C)C)NC(C)C)cc43)[nH]cc2c1)NC(C)C. The van der Waals surface area contributed by atoms with Gasteiger partial charge >= 0.3 is 0 Å². The minimum atomic E-state index is 0.174. The molecule has 37 heavy (non-hydrogen) atoms. The van der Waals surface area contributed by atoms with Gasteiger partial charge in [-0.2, -0.15) is 0 Å². The van der Waals surface area contributed by atoms with Crippen molar-refractivity contribution < 1.29 is 0 Å². The number of guanidine groups is 2. The molecular formula is C28H37N9. The van der Waals surface area contributed by atoms with E-state index in [0.717, 1.165) is 51.0 Å². The number of aromatic nitrogens is 1. The van der Waals surface area contributed by atoms with E-state index >= 15 is 0 Å². The van der Waals surface area contributed by atoms with Crippen molar-refractivity contribution in [2.45, 2.75) is 59.7 Å². The van der Waals surface area contributed by atoms with Crippen LogP contribution in [0.3, 0.4) is 0 Å². The molecule has 0 radical (unpaired) electrons. The highest BCUT2D eigenvalue weighted by molar-refractivity contribution is 6.17. The van der Waals surface area contributed by atoms with Crippen molar-refractivity contribution in [3.8, 4) is 0 Å². The molecule has 0 fully saturated rings. The zero-order valence-electron chi connectivity index (χ0n) is 22.6. The van der Waals surface area contributed by atoms with Gasteiger partial charge in [-0.05, 0) is 71.9 Å². The Hall–Kier alpha value is -4.14. The van der Waals surface area contributed by atoms with Crippen LogP contribution in [-0.4, -0.2) is 54.1 Å². The van der Waals surface area contributed by atoms with Crippen molar-refractivity contribution in [1.82, 2.24) is 15.6 Å². The number of nitrogens with zero attached hydrogens (tertiary/aromatic N) is 4. The summed E-state index contributed by atoms with van der Waals surface area (Å²) in [5.41, 5.74) is 3.89. The van der Waals surface area contributed by atoms with Crippen molar-refractivity contribution in [1.29, 1.82) is 0 Å². The smallest absolute Gasteiger partial charge is 0.196 e. The molecule has 1 aliphatic heterocycles. The molecule has 2 aromatic carbocycles. The molecule has 0 spiro atoms. The molecule has 0 saturated heterocycles. The standard InChI is InChI=1S/C28H37N9/c1-16(2)32-27(29-7)35-21-10-11-23-20(12-21)15-31-25(23)37-26-24-13-22(9-8-19(24)14-30-26)36-28(33-17(3)4)34-18(5)6/h8-18,31H,1-7H3,(H2,29,32,35)(H2,33,34,36). The fourth-order valence-corrected chi connectivity index (χ4v) is 3.97. The number of fused-ring (bicyclic) bond motifs is 2. The van der Waals surface area contributed by atoms with Crippen LogP contribution in [0.2, 0.25) is 0 Å². The molecule has 0 amide bonds. The van der Waals surface area contributed by atoms with Crippen LogP contribution in [-0.2, 0) is 0 Å². The molecule has 5 N–H and O–H groups in total. The van der Waals surface area contributed by atoms with E-state index in [1.165, 1.54) is 0 Å². The fraction of sp³-hybridized carbons (Fsp3) is 0.357. The summed E-state index contributed by atoms with van der Waals surface area (Å²) < 4.78 is 0. The maximum Gasteiger partial charge on any atom is 0.196 e. The first-order chi connectivity index (χ1) is 17.7. The predicted octanol–water partition coefficient (Wildman–Crippen LogP) is 5.25. The highest BCUT2D eigenvalue weighted by atomic mass is 15.2. The van der Waals surface area contributed by atoms with Crippen LogP contribution in [0.1, 0.15) is 52.7 Å². The maximum atomic E-state index is 4.88. The van der Waals surface area contributed by atoms with Crippen molar-refractivity contribution in [3.05, 3.63) is 53.7 Å². The number of aliphatic imine (C=N–C) groups is 4. The summed E-state index contributed by atoms with van der Waals surface area (Å²) >= 11 is 0. The predicted molar refractivity (Wildman–Crippen MR) is 158 cm³/mol. The first-order valence-corrected chi connectivity index (χ1v) is 12.7. The second-order valence-electron chi connectivity index (χ2n) is 9.93. The Morgan fingerprint density at radius 1 is 0.865 bits per heavy atom. The Balaban J connectivity index is 1.58. The van der Waals surface area contributed by atoms with Crippen LogP contribution < -0.4 is 21.3 Å². The normalized spacial score (nSPS) is 14.8. The van der Waals surface area contributed by atoms with Crippen LogP contribution in [0, 0.1) is 0 Å². The number of nitrogens with one attached hydrogen (secondary N) is 5. The summed E-state index contributed by atoms with van der Waals surface area (Å²) in [4.78, 5) is 21.7. The quantitative estimate of drug-likeness (QED) is 0.235. The van der Waals surface area contributed by atoms with Crippen LogP contribution in [0.25, 0.3) is 10.8 Å². The third-order valence-electron chi connectivity index (χ3n) is 5.50. The summed E-state index contributed by atoms with van der Waals surface area (Å²) in [6.45, 7) is 12.5. The molecule has 9 nitrogen and oxygen atoms in total. The molecule has 0 atom stereocenters. The van der Waals surface area contributed by atoms with Gasteiger partial charge in [0, 0.05) is 70.9 Å². The Bertz CT molecular complexity index is 1370. The number of benzene rings is 2. The Morgan fingerprint density at radius 2 is 1.54 bits per heavy atom. The van der Waals surface area contributed by atoms with Crippen LogP contribution >= 0.6 is 0 Å². The van der Waals surface area contributed by atoms with Gasteiger partial charge in [0.15, 0.2) is 17.8 Å². The molecule has 0 aliphatic carbocycles. The highest BCUT2D eigenvalue weighted by Crippen LogP contribution is 2.30. The molecule has 1 aromatic heterocycles. The second kappa shape index (κ2) is 11.3. The topological polar surface area (TPSA) is 113 Å². The van der Waals surface area contributed by atoms with E-state index in [1.54, 1.807) is 7.05 Å². The Kier molecular flexibility index (Phi) is 7.91.